The number of rotatable bonds is 2. The van der Waals surface area contributed by atoms with Crippen LogP contribution < -0.4 is 4.90 Å². The van der Waals surface area contributed by atoms with Gasteiger partial charge in [-0.1, -0.05) is 36.0 Å². The number of carbonyl (C=O) groups excluding carboxylic acids is 1. The summed E-state index contributed by atoms with van der Waals surface area (Å²) < 4.78 is 15.2. The molecule has 0 fully saturated rings. The molecule has 1 amide bonds. The first-order valence-corrected chi connectivity index (χ1v) is 11.7. The smallest absolute Gasteiger partial charge is 0.273 e. The van der Waals surface area contributed by atoms with Gasteiger partial charge in [0.15, 0.2) is 0 Å². The molecule has 0 N–H and O–H groups in total. The van der Waals surface area contributed by atoms with E-state index in [-0.39, 0.29) is 11.7 Å². The predicted octanol–water partition coefficient (Wildman–Crippen LogP) is 6.98. The van der Waals surface area contributed by atoms with Crippen LogP contribution in [0.1, 0.15) is 15.4 Å². The van der Waals surface area contributed by atoms with E-state index in [1.807, 2.05) is 61.5 Å². The van der Waals surface area contributed by atoms with Crippen molar-refractivity contribution in [1.82, 2.24) is 9.78 Å². The highest BCUT2D eigenvalue weighted by Crippen LogP contribution is 2.48. The number of fused-ring (bicyclic) bond motifs is 3. The van der Waals surface area contributed by atoms with Crippen molar-refractivity contribution in [3.05, 3.63) is 95.3 Å². The molecular weight excluding hydrogens is 441 g/mol. The van der Waals surface area contributed by atoms with Crippen LogP contribution in [0.5, 0.6) is 0 Å². The lowest BCUT2D eigenvalue weighted by atomic mass is 10.2. The minimum atomic E-state index is -0.295. The third-order valence-corrected chi connectivity index (χ3v) is 7.69. The monoisotopic (exact) mass is 457 g/mol. The van der Waals surface area contributed by atoms with Crippen molar-refractivity contribution >= 4 is 50.6 Å². The first-order valence-electron chi connectivity index (χ1n) is 10.1. The van der Waals surface area contributed by atoms with E-state index in [1.54, 1.807) is 33.5 Å². The maximum absolute atomic E-state index is 13.8. The highest BCUT2D eigenvalue weighted by atomic mass is 32.2. The van der Waals surface area contributed by atoms with E-state index in [0.717, 1.165) is 42.8 Å². The molecule has 1 aliphatic heterocycles. The maximum atomic E-state index is 13.8. The van der Waals surface area contributed by atoms with Crippen LogP contribution in [0.3, 0.4) is 0 Å². The van der Waals surface area contributed by atoms with Crippen LogP contribution in [0.15, 0.2) is 88.7 Å². The molecule has 156 valence electrons. The number of hydrogen-bond donors (Lipinski definition) is 0. The van der Waals surface area contributed by atoms with Crippen molar-refractivity contribution in [1.29, 1.82) is 0 Å². The van der Waals surface area contributed by atoms with Crippen molar-refractivity contribution in [2.75, 3.05) is 4.90 Å². The summed E-state index contributed by atoms with van der Waals surface area (Å²) in [5, 5.41) is 5.54. The second kappa shape index (κ2) is 7.32. The van der Waals surface area contributed by atoms with Crippen molar-refractivity contribution in [2.45, 2.75) is 16.7 Å². The summed E-state index contributed by atoms with van der Waals surface area (Å²) in [5.74, 6) is -0.368. The summed E-state index contributed by atoms with van der Waals surface area (Å²) in [5.41, 5.74) is 3.36. The number of nitrogens with zero attached hydrogens (tertiary/aromatic N) is 3. The Labute approximate surface area is 191 Å². The summed E-state index contributed by atoms with van der Waals surface area (Å²) in [7, 11) is 0. The number of halogens is 1. The Hall–Kier alpha value is -3.42. The van der Waals surface area contributed by atoms with Crippen LogP contribution in [0.2, 0.25) is 0 Å². The van der Waals surface area contributed by atoms with Crippen LogP contribution in [0, 0.1) is 12.7 Å². The third kappa shape index (κ3) is 2.97. The number of thiophene rings is 1. The third-order valence-electron chi connectivity index (χ3n) is 5.46. The molecule has 0 bridgehead atoms. The Bertz CT molecular complexity index is 1460. The number of carbonyl (C=O) groups is 1. The highest BCUT2D eigenvalue weighted by molar-refractivity contribution is 7.99. The van der Waals surface area contributed by atoms with Gasteiger partial charge in [0.1, 0.15) is 10.6 Å². The topological polar surface area (TPSA) is 38.1 Å². The number of amides is 1. The molecule has 0 radical (unpaired) electrons. The van der Waals surface area contributed by atoms with E-state index in [4.69, 9.17) is 0 Å². The lowest BCUT2D eigenvalue weighted by Gasteiger charge is -2.30. The van der Waals surface area contributed by atoms with Crippen molar-refractivity contribution in [3.8, 4) is 5.69 Å². The van der Waals surface area contributed by atoms with Gasteiger partial charge in [0.05, 0.1) is 27.6 Å². The summed E-state index contributed by atoms with van der Waals surface area (Å²) in [6, 6.07) is 24.0. The normalized spacial score (nSPS) is 12.6. The molecule has 6 rings (SSSR count). The molecule has 0 unspecified atom stereocenters. The van der Waals surface area contributed by atoms with Gasteiger partial charge < -0.3 is 0 Å². The molecule has 0 saturated carbocycles. The fourth-order valence-electron chi connectivity index (χ4n) is 3.94. The minimum Gasteiger partial charge on any atom is -0.274 e. The first kappa shape index (κ1) is 19.3. The van der Waals surface area contributed by atoms with Crippen molar-refractivity contribution in [2.24, 2.45) is 0 Å². The number of aromatic nitrogens is 2. The summed E-state index contributed by atoms with van der Waals surface area (Å²) >= 11 is 3.08. The standard InChI is InChI=1S/C25H16FN3OS2/c1-15-18-14-23(32-25(18)29(27-15)17-12-10-16(26)11-13-17)24(30)28-19-6-2-4-8-21(19)31-22-9-5-3-7-20(22)28/h2-14H,1H3. The number of anilines is 2. The van der Waals surface area contributed by atoms with Gasteiger partial charge in [0.2, 0.25) is 0 Å². The van der Waals surface area contributed by atoms with Crippen LogP contribution in [-0.4, -0.2) is 15.7 Å². The number of benzene rings is 3. The lowest BCUT2D eigenvalue weighted by Crippen LogP contribution is -2.27. The van der Waals surface area contributed by atoms with Crippen molar-refractivity contribution in [3.63, 3.8) is 0 Å². The van der Waals surface area contributed by atoms with Crippen molar-refractivity contribution < 1.29 is 9.18 Å². The predicted molar refractivity (Wildman–Crippen MR) is 127 cm³/mol. The van der Waals surface area contributed by atoms with Crippen LogP contribution >= 0.6 is 23.1 Å². The molecule has 32 heavy (non-hydrogen) atoms. The molecule has 0 saturated heterocycles. The molecular formula is C25H16FN3OS2. The Morgan fingerprint density at radius 3 is 2.19 bits per heavy atom. The average molecular weight is 458 g/mol. The molecule has 1 aliphatic rings. The van der Waals surface area contributed by atoms with Gasteiger partial charge in [0, 0.05) is 15.2 Å². The summed E-state index contributed by atoms with van der Waals surface area (Å²) in [6.45, 7) is 1.92. The summed E-state index contributed by atoms with van der Waals surface area (Å²) in [6.07, 6.45) is 0. The zero-order valence-corrected chi connectivity index (χ0v) is 18.6. The van der Waals surface area contributed by atoms with Crippen LogP contribution in [0.4, 0.5) is 15.8 Å². The van der Waals surface area contributed by atoms with E-state index in [0.29, 0.717) is 4.88 Å². The zero-order valence-electron chi connectivity index (χ0n) is 16.9. The number of aryl methyl sites for hydroxylation is 1. The Morgan fingerprint density at radius 1 is 0.906 bits per heavy atom. The number of para-hydroxylation sites is 2. The molecule has 7 heteroatoms. The Balaban J connectivity index is 1.49. The summed E-state index contributed by atoms with van der Waals surface area (Å²) in [4.78, 5) is 19.2. The van der Waals surface area contributed by atoms with E-state index in [2.05, 4.69) is 5.10 Å². The van der Waals surface area contributed by atoms with E-state index < -0.39 is 0 Å². The molecule has 3 heterocycles. The van der Waals surface area contributed by atoms with Gasteiger partial charge in [-0.15, -0.1) is 11.3 Å². The molecule has 2 aromatic heterocycles. The second-order valence-corrected chi connectivity index (χ2v) is 9.60. The minimum absolute atomic E-state index is 0.0727. The lowest BCUT2D eigenvalue weighted by molar-refractivity contribution is 0.100. The van der Waals surface area contributed by atoms with Crippen LogP contribution in [-0.2, 0) is 0 Å². The molecule has 5 aromatic rings. The van der Waals surface area contributed by atoms with Gasteiger partial charge in [-0.2, -0.15) is 5.10 Å². The van der Waals surface area contributed by atoms with E-state index in [9.17, 15) is 9.18 Å². The molecule has 0 spiro atoms. The van der Waals surface area contributed by atoms with E-state index in [1.165, 1.54) is 23.5 Å². The van der Waals surface area contributed by atoms with Gasteiger partial charge in [-0.3, -0.25) is 9.69 Å². The maximum Gasteiger partial charge on any atom is 0.273 e. The molecule has 4 nitrogen and oxygen atoms in total. The molecule has 3 aromatic carbocycles. The van der Waals surface area contributed by atoms with Gasteiger partial charge >= 0.3 is 0 Å². The van der Waals surface area contributed by atoms with Crippen LogP contribution in [0.25, 0.3) is 15.9 Å². The number of hydrogen-bond acceptors (Lipinski definition) is 4. The highest BCUT2D eigenvalue weighted by Gasteiger charge is 2.30. The van der Waals surface area contributed by atoms with Gasteiger partial charge in [-0.25, -0.2) is 9.07 Å². The van der Waals surface area contributed by atoms with E-state index >= 15 is 0 Å². The average Bonchev–Trinajstić information content (AvgIpc) is 3.38. The fraction of sp³-hybridized carbons (Fsp3) is 0.0400. The quantitative estimate of drug-likeness (QED) is 0.287. The first-order chi connectivity index (χ1) is 15.6. The Morgan fingerprint density at radius 2 is 1.53 bits per heavy atom. The molecule has 0 atom stereocenters. The SMILES string of the molecule is Cc1nn(-c2ccc(F)cc2)c2sc(C(=O)N3c4ccccc4Sc4ccccc43)cc12. The largest absolute Gasteiger partial charge is 0.274 e. The van der Waals surface area contributed by atoms with Gasteiger partial charge in [-0.05, 0) is 61.5 Å². The molecule has 0 aliphatic carbocycles. The Kier molecular flexibility index (Phi) is 4.41. The van der Waals surface area contributed by atoms with Gasteiger partial charge in [0.25, 0.3) is 5.91 Å². The fourth-order valence-corrected chi connectivity index (χ4v) is 6.11. The second-order valence-electron chi connectivity index (χ2n) is 7.48. The zero-order chi connectivity index (χ0) is 21.8.